The molecule has 2 rings (SSSR count). The first-order valence-electron chi connectivity index (χ1n) is 28.9. The van der Waals surface area contributed by atoms with E-state index in [2.05, 4.69) is 13.8 Å². The molecule has 22 heteroatoms. The van der Waals surface area contributed by atoms with E-state index in [1.807, 2.05) is 0 Å². The van der Waals surface area contributed by atoms with Crippen molar-refractivity contribution in [1.29, 1.82) is 0 Å². The predicted molar refractivity (Wildman–Crippen MR) is 287 cm³/mol. The molecule has 0 saturated carbocycles. The van der Waals surface area contributed by atoms with E-state index >= 15 is 0 Å². The molecule has 0 N–H and O–H groups in total. The summed E-state index contributed by atoms with van der Waals surface area (Å²) < 4.78 is 125. The summed E-state index contributed by atoms with van der Waals surface area (Å²) in [5.41, 5.74) is -0.809. The lowest BCUT2D eigenvalue weighted by Gasteiger charge is -2.41. The van der Waals surface area contributed by atoms with Crippen LogP contribution in [0.2, 0.25) is 0 Å². The van der Waals surface area contributed by atoms with Gasteiger partial charge >= 0.3 is 15.6 Å². The third-order valence-electron chi connectivity index (χ3n) is 12.1. The van der Waals surface area contributed by atoms with Crippen LogP contribution >= 0.6 is 15.6 Å². The Morgan fingerprint density at radius 3 is 0.640 bits per heavy atom. The van der Waals surface area contributed by atoms with Crippen LogP contribution in [0.15, 0.2) is 0 Å². The van der Waals surface area contributed by atoms with Gasteiger partial charge in [0.05, 0.1) is 190 Å². The first kappa shape index (κ1) is 70.8. The van der Waals surface area contributed by atoms with Crippen LogP contribution in [-0.4, -0.2) is 198 Å². The first-order chi connectivity index (χ1) is 36.9. The molecule has 2 fully saturated rings. The standard InChI is InChI=1S/C53H106O20P2/c1-3-5-7-9-11-13-15-17-19-21-23-56-25-27-58-29-31-60-33-35-62-37-39-64-41-43-66-45-47-68-74(54)70-49-53(50-71-74)51-72-75(55,73-52-53)69-48-46-67-44-42-65-40-38-63-36-34-61-32-30-59-28-26-57-24-22-20-18-16-14-12-10-8-6-4-2/h3-52H2,1-2H3. The molecule has 75 heavy (non-hydrogen) atoms. The van der Waals surface area contributed by atoms with Crippen molar-refractivity contribution in [3.63, 3.8) is 0 Å². The van der Waals surface area contributed by atoms with Crippen LogP contribution in [0.4, 0.5) is 0 Å². The van der Waals surface area contributed by atoms with Crippen molar-refractivity contribution >= 4 is 15.6 Å². The summed E-state index contributed by atoms with van der Waals surface area (Å²) in [4.78, 5) is 0. The summed E-state index contributed by atoms with van der Waals surface area (Å²) >= 11 is 0. The van der Waals surface area contributed by atoms with Crippen LogP contribution in [-0.2, 0) is 93.1 Å². The maximum atomic E-state index is 12.9. The molecule has 20 nitrogen and oxygen atoms in total. The van der Waals surface area contributed by atoms with E-state index in [1.54, 1.807) is 0 Å². The van der Waals surface area contributed by atoms with Crippen LogP contribution in [0, 0.1) is 5.41 Å². The summed E-state index contributed by atoms with van der Waals surface area (Å²) in [6.07, 6.45) is 26.5. The SMILES string of the molecule is CCCCCCCCCCCCOCCOCCOCCOCCOCCOCCOP1(=O)OCC2(CO1)COP(=O)(OCCOCCOCCOCCOCCOCCOCCCCCCCCCCCC)OC2. The van der Waals surface area contributed by atoms with Gasteiger partial charge in [-0.3, -0.25) is 27.1 Å². The van der Waals surface area contributed by atoms with Crippen molar-refractivity contribution in [3.05, 3.63) is 0 Å². The first-order valence-corrected chi connectivity index (χ1v) is 31.9. The van der Waals surface area contributed by atoms with Gasteiger partial charge in [-0.15, -0.1) is 0 Å². The zero-order valence-corrected chi connectivity index (χ0v) is 48.7. The second-order valence-corrected chi connectivity index (χ2v) is 22.2. The monoisotopic (exact) mass is 1120 g/mol. The van der Waals surface area contributed by atoms with E-state index in [1.165, 1.54) is 116 Å². The van der Waals surface area contributed by atoms with Crippen LogP contribution in [0.3, 0.4) is 0 Å². The Labute approximate surface area is 453 Å². The molecule has 448 valence electrons. The second kappa shape index (κ2) is 53.1. The molecule has 0 radical (unpaired) electrons. The lowest BCUT2D eigenvalue weighted by Crippen LogP contribution is -2.45. The molecular formula is C53H106O20P2. The van der Waals surface area contributed by atoms with Gasteiger partial charge in [-0.05, 0) is 12.8 Å². The van der Waals surface area contributed by atoms with Gasteiger partial charge in [-0.1, -0.05) is 129 Å². The molecule has 0 bridgehead atoms. The molecule has 0 aliphatic carbocycles. The minimum absolute atomic E-state index is 0.00593. The maximum absolute atomic E-state index is 12.9. The fraction of sp³-hybridized carbons (Fsp3) is 1.00. The fourth-order valence-electron chi connectivity index (χ4n) is 7.54. The van der Waals surface area contributed by atoms with Gasteiger partial charge in [0.25, 0.3) is 0 Å². The number of hydrogen-bond donors (Lipinski definition) is 0. The van der Waals surface area contributed by atoms with E-state index in [4.69, 9.17) is 84.0 Å². The number of phosphoric ester groups is 2. The minimum atomic E-state index is -3.80. The van der Waals surface area contributed by atoms with Gasteiger partial charge < -0.3 is 56.8 Å². The highest BCUT2D eigenvalue weighted by Gasteiger charge is 2.50. The van der Waals surface area contributed by atoms with E-state index < -0.39 is 21.1 Å². The average molecular weight is 1130 g/mol. The fourth-order valence-corrected chi connectivity index (χ4v) is 10.3. The van der Waals surface area contributed by atoms with E-state index in [-0.39, 0.29) is 52.9 Å². The van der Waals surface area contributed by atoms with Gasteiger partial charge in [0, 0.05) is 13.2 Å². The summed E-state index contributed by atoms with van der Waals surface area (Å²) in [7, 11) is -7.61. The third kappa shape index (κ3) is 45.1. The maximum Gasteiger partial charge on any atom is 0.474 e. The van der Waals surface area contributed by atoms with Crippen LogP contribution in [0.25, 0.3) is 0 Å². The highest BCUT2D eigenvalue weighted by molar-refractivity contribution is 7.48. The number of unbranched alkanes of at least 4 members (excludes halogenated alkanes) is 18. The van der Waals surface area contributed by atoms with Crippen molar-refractivity contribution in [2.24, 2.45) is 5.41 Å². The smallest absolute Gasteiger partial charge is 0.379 e. The molecule has 2 heterocycles. The molecule has 0 unspecified atom stereocenters. The third-order valence-corrected chi connectivity index (χ3v) is 14.9. The van der Waals surface area contributed by atoms with Crippen LogP contribution in [0.5, 0.6) is 0 Å². The van der Waals surface area contributed by atoms with E-state index in [9.17, 15) is 9.13 Å². The molecule has 2 aliphatic rings. The zero-order chi connectivity index (χ0) is 53.6. The Kier molecular flexibility index (Phi) is 50.1. The van der Waals surface area contributed by atoms with E-state index in [0.29, 0.717) is 132 Å². The number of hydrogen-bond acceptors (Lipinski definition) is 20. The summed E-state index contributed by atoms with van der Waals surface area (Å²) in [6.45, 7) is 15.8. The van der Waals surface area contributed by atoms with Gasteiger partial charge in [-0.2, -0.15) is 0 Å². The quantitative estimate of drug-likeness (QED) is 0.0411. The van der Waals surface area contributed by atoms with Crippen LogP contribution < -0.4 is 0 Å². The molecule has 0 aromatic carbocycles. The van der Waals surface area contributed by atoms with Crippen molar-refractivity contribution in [2.75, 3.05) is 198 Å². The average Bonchev–Trinajstić information content (AvgIpc) is 3.42. The van der Waals surface area contributed by atoms with E-state index in [0.717, 1.165) is 26.1 Å². The lowest BCUT2D eigenvalue weighted by atomic mass is 9.93. The topological polar surface area (TPSA) is 200 Å². The zero-order valence-electron chi connectivity index (χ0n) is 46.9. The van der Waals surface area contributed by atoms with Gasteiger partial charge in [0.1, 0.15) is 0 Å². The molecular weight excluding hydrogens is 1020 g/mol. The Morgan fingerprint density at radius 1 is 0.253 bits per heavy atom. The molecule has 2 aliphatic heterocycles. The summed E-state index contributed by atoms with van der Waals surface area (Å²) in [6, 6.07) is 0. The summed E-state index contributed by atoms with van der Waals surface area (Å²) in [5.74, 6) is 0. The number of phosphoric acid groups is 2. The molecule has 0 aromatic heterocycles. The Balaban J connectivity index is 1.25. The van der Waals surface area contributed by atoms with Crippen molar-refractivity contribution in [1.82, 2.24) is 0 Å². The van der Waals surface area contributed by atoms with Gasteiger partial charge in [0.15, 0.2) is 0 Å². The normalized spacial score (nSPS) is 20.0. The second-order valence-electron chi connectivity index (χ2n) is 18.9. The molecule has 0 aromatic rings. The molecule has 1 spiro atoms. The molecule has 0 atom stereocenters. The Hall–Kier alpha value is -0.260. The molecule has 0 amide bonds. The van der Waals surface area contributed by atoms with Gasteiger partial charge in [0.2, 0.25) is 0 Å². The minimum Gasteiger partial charge on any atom is -0.379 e. The van der Waals surface area contributed by atoms with Gasteiger partial charge in [-0.25, -0.2) is 9.13 Å². The number of ether oxygens (including phenoxy) is 12. The Bertz CT molecular complexity index is 1170. The lowest BCUT2D eigenvalue weighted by molar-refractivity contribution is -0.0980. The Morgan fingerprint density at radius 2 is 0.427 bits per heavy atom. The predicted octanol–water partition coefficient (Wildman–Crippen LogP) is 10.4. The van der Waals surface area contributed by atoms with Crippen molar-refractivity contribution in [2.45, 2.75) is 142 Å². The largest absolute Gasteiger partial charge is 0.474 e. The highest BCUT2D eigenvalue weighted by atomic mass is 31.2. The van der Waals surface area contributed by atoms with Crippen molar-refractivity contribution in [3.8, 4) is 0 Å². The summed E-state index contributed by atoms with van der Waals surface area (Å²) in [5, 5.41) is 0. The number of rotatable bonds is 60. The van der Waals surface area contributed by atoms with Crippen molar-refractivity contribution < 1.29 is 93.1 Å². The van der Waals surface area contributed by atoms with Crippen LogP contribution in [0.1, 0.15) is 142 Å². The molecule has 2 saturated heterocycles. The highest BCUT2D eigenvalue weighted by Crippen LogP contribution is 2.59.